The third kappa shape index (κ3) is 5.94. The monoisotopic (exact) mass is 402 g/mol. The number of carbonyl (C=O) groups excluding carboxylic acids is 2. The minimum atomic E-state index is -0.851. The van der Waals surface area contributed by atoms with Gasteiger partial charge in [-0.25, -0.2) is 4.79 Å². The van der Waals surface area contributed by atoms with E-state index < -0.39 is 24.6 Å². The highest BCUT2D eigenvalue weighted by atomic mass is 79.9. The van der Waals surface area contributed by atoms with Crippen molar-refractivity contribution < 1.29 is 19.1 Å². The van der Waals surface area contributed by atoms with E-state index in [4.69, 9.17) is 14.7 Å². The van der Waals surface area contributed by atoms with E-state index in [-0.39, 0.29) is 0 Å². The van der Waals surface area contributed by atoms with Crippen LogP contribution in [0.25, 0.3) is 0 Å². The van der Waals surface area contributed by atoms with Gasteiger partial charge in [-0.3, -0.25) is 4.79 Å². The first kappa shape index (κ1) is 18.5. The summed E-state index contributed by atoms with van der Waals surface area (Å²) in [6.45, 7) is 1.10. The van der Waals surface area contributed by atoms with Crippen LogP contribution in [0.5, 0.6) is 5.75 Å². The summed E-state index contributed by atoms with van der Waals surface area (Å²) >= 11 is 3.31. The van der Waals surface area contributed by atoms with Gasteiger partial charge in [-0.15, -0.1) is 0 Å². The molecule has 1 N–H and O–H groups in total. The third-order valence-electron chi connectivity index (χ3n) is 3.08. The van der Waals surface area contributed by atoms with E-state index in [2.05, 4.69) is 21.2 Å². The molecule has 0 saturated heterocycles. The molecule has 0 bridgehead atoms. The lowest BCUT2D eigenvalue weighted by Gasteiger charge is -2.14. The van der Waals surface area contributed by atoms with Crippen LogP contribution in [0.1, 0.15) is 12.5 Å². The van der Waals surface area contributed by atoms with Gasteiger partial charge in [-0.1, -0.05) is 22.0 Å². The number of halogens is 1. The lowest BCUT2D eigenvalue weighted by molar-refractivity contribution is -0.153. The summed E-state index contributed by atoms with van der Waals surface area (Å²) in [4.78, 5) is 23.7. The molecule has 0 saturated carbocycles. The summed E-state index contributed by atoms with van der Waals surface area (Å²) in [6.07, 6.45) is -0.851. The summed E-state index contributed by atoms with van der Waals surface area (Å²) in [6, 6.07) is 15.4. The summed E-state index contributed by atoms with van der Waals surface area (Å²) in [5.74, 6) is -0.631. The summed E-state index contributed by atoms with van der Waals surface area (Å²) < 4.78 is 11.3. The molecule has 1 atom stereocenters. The van der Waals surface area contributed by atoms with Crippen LogP contribution in [0.2, 0.25) is 0 Å². The Morgan fingerprint density at radius 3 is 2.64 bits per heavy atom. The number of benzene rings is 2. The zero-order valence-corrected chi connectivity index (χ0v) is 14.9. The molecule has 2 rings (SSSR count). The van der Waals surface area contributed by atoms with Gasteiger partial charge < -0.3 is 14.8 Å². The molecule has 0 aliphatic carbocycles. The topological polar surface area (TPSA) is 88.4 Å². The Morgan fingerprint density at radius 1 is 1.24 bits per heavy atom. The van der Waals surface area contributed by atoms with E-state index in [1.807, 2.05) is 6.07 Å². The maximum atomic E-state index is 11.9. The van der Waals surface area contributed by atoms with E-state index >= 15 is 0 Å². The summed E-state index contributed by atoms with van der Waals surface area (Å²) in [5, 5.41) is 11.4. The Kier molecular flexibility index (Phi) is 6.54. The fourth-order valence-electron chi connectivity index (χ4n) is 1.88. The molecule has 25 heavy (non-hydrogen) atoms. The van der Waals surface area contributed by atoms with Gasteiger partial charge in [0, 0.05) is 10.2 Å². The van der Waals surface area contributed by atoms with Crippen LogP contribution < -0.4 is 10.1 Å². The molecule has 0 heterocycles. The molecule has 0 spiro atoms. The van der Waals surface area contributed by atoms with Gasteiger partial charge in [0.05, 0.1) is 11.6 Å². The van der Waals surface area contributed by atoms with Crippen molar-refractivity contribution in [2.75, 3.05) is 11.9 Å². The summed E-state index contributed by atoms with van der Waals surface area (Å²) in [5.41, 5.74) is 0.880. The first-order valence-corrected chi connectivity index (χ1v) is 8.16. The third-order valence-corrected chi connectivity index (χ3v) is 3.61. The number of ether oxygens (including phenoxy) is 2. The Morgan fingerprint density at radius 2 is 1.96 bits per heavy atom. The molecule has 7 heteroatoms. The van der Waals surface area contributed by atoms with E-state index in [9.17, 15) is 9.59 Å². The molecular formula is C18H15BrN2O4. The number of hydrogen-bond donors (Lipinski definition) is 1. The predicted molar refractivity (Wildman–Crippen MR) is 95.0 cm³/mol. The van der Waals surface area contributed by atoms with Crippen molar-refractivity contribution in [2.24, 2.45) is 0 Å². The largest absolute Gasteiger partial charge is 0.479 e. The fraction of sp³-hybridized carbons (Fsp3) is 0.167. The number of amides is 1. The van der Waals surface area contributed by atoms with Gasteiger partial charge >= 0.3 is 5.97 Å². The molecule has 0 radical (unpaired) electrons. The van der Waals surface area contributed by atoms with Crippen molar-refractivity contribution in [3.8, 4) is 11.8 Å². The van der Waals surface area contributed by atoms with E-state index in [1.54, 1.807) is 49.4 Å². The van der Waals surface area contributed by atoms with Crippen LogP contribution in [0.15, 0.2) is 53.0 Å². The number of carbonyl (C=O) groups is 2. The van der Waals surface area contributed by atoms with Crippen molar-refractivity contribution in [3.63, 3.8) is 0 Å². The van der Waals surface area contributed by atoms with Gasteiger partial charge in [0.25, 0.3) is 5.91 Å². The highest BCUT2D eigenvalue weighted by Gasteiger charge is 2.18. The second kappa shape index (κ2) is 8.85. The number of hydrogen-bond acceptors (Lipinski definition) is 5. The first-order chi connectivity index (χ1) is 12.0. The maximum Gasteiger partial charge on any atom is 0.347 e. The SMILES string of the molecule is C[C@H](Oc1ccc(Br)cc1)C(=O)OCC(=O)Nc1cccc(C#N)c1. The fourth-order valence-corrected chi connectivity index (χ4v) is 2.15. The average molecular weight is 403 g/mol. The van der Waals surface area contributed by atoms with Crippen molar-refractivity contribution in [1.29, 1.82) is 5.26 Å². The molecule has 0 aromatic heterocycles. The van der Waals surface area contributed by atoms with Crippen molar-refractivity contribution in [1.82, 2.24) is 0 Å². The lowest BCUT2D eigenvalue weighted by Crippen LogP contribution is -2.29. The van der Waals surface area contributed by atoms with Crippen LogP contribution in [0.4, 0.5) is 5.69 Å². The smallest absolute Gasteiger partial charge is 0.347 e. The van der Waals surface area contributed by atoms with E-state index in [0.717, 1.165) is 4.47 Å². The minimum absolute atomic E-state index is 0.423. The number of esters is 1. The Labute approximate surface area is 153 Å². The number of anilines is 1. The molecule has 0 unspecified atom stereocenters. The normalized spacial score (nSPS) is 11.1. The molecule has 2 aromatic carbocycles. The maximum absolute atomic E-state index is 11.9. The predicted octanol–water partition coefficient (Wildman–Crippen LogP) is 3.27. The van der Waals surface area contributed by atoms with Crippen LogP contribution in [0, 0.1) is 11.3 Å². The first-order valence-electron chi connectivity index (χ1n) is 7.37. The summed E-state index contributed by atoms with van der Waals surface area (Å²) in [7, 11) is 0. The van der Waals surface area contributed by atoms with Crippen LogP contribution in [0.3, 0.4) is 0 Å². The van der Waals surface area contributed by atoms with Gasteiger partial charge in [-0.2, -0.15) is 5.26 Å². The Hall–Kier alpha value is -2.85. The highest BCUT2D eigenvalue weighted by molar-refractivity contribution is 9.10. The van der Waals surface area contributed by atoms with Gasteiger partial charge in [-0.05, 0) is 49.4 Å². The second-order valence-electron chi connectivity index (χ2n) is 5.06. The number of rotatable bonds is 6. The molecule has 1 amide bonds. The van der Waals surface area contributed by atoms with Crippen molar-refractivity contribution in [2.45, 2.75) is 13.0 Å². The molecule has 0 aliphatic heterocycles. The average Bonchev–Trinajstić information content (AvgIpc) is 2.61. The second-order valence-corrected chi connectivity index (χ2v) is 5.98. The molecule has 0 aliphatic rings. The number of nitrogens with zero attached hydrogens (tertiary/aromatic N) is 1. The Balaban J connectivity index is 1.81. The van der Waals surface area contributed by atoms with Crippen LogP contribution in [-0.2, 0) is 14.3 Å². The van der Waals surface area contributed by atoms with Gasteiger partial charge in [0.1, 0.15) is 5.75 Å². The quantitative estimate of drug-likeness (QED) is 0.748. The lowest BCUT2D eigenvalue weighted by atomic mass is 10.2. The zero-order valence-electron chi connectivity index (χ0n) is 13.4. The Bertz CT molecular complexity index is 799. The van der Waals surface area contributed by atoms with Crippen molar-refractivity contribution in [3.05, 3.63) is 58.6 Å². The number of nitriles is 1. The zero-order chi connectivity index (χ0) is 18.2. The van der Waals surface area contributed by atoms with Gasteiger partial charge in [0.2, 0.25) is 0 Å². The van der Waals surface area contributed by atoms with E-state index in [1.165, 1.54) is 6.07 Å². The minimum Gasteiger partial charge on any atom is -0.479 e. The van der Waals surface area contributed by atoms with Gasteiger partial charge in [0.15, 0.2) is 12.7 Å². The molecule has 128 valence electrons. The molecule has 0 fully saturated rings. The van der Waals surface area contributed by atoms with Crippen LogP contribution in [-0.4, -0.2) is 24.6 Å². The number of nitrogens with one attached hydrogen (secondary N) is 1. The molecular weight excluding hydrogens is 388 g/mol. The van der Waals surface area contributed by atoms with Crippen LogP contribution >= 0.6 is 15.9 Å². The molecule has 2 aromatic rings. The molecule has 6 nitrogen and oxygen atoms in total. The van der Waals surface area contributed by atoms with E-state index in [0.29, 0.717) is 17.0 Å². The standard InChI is InChI=1S/C18H15BrN2O4/c1-12(25-16-7-5-14(19)6-8-16)18(23)24-11-17(22)21-15-4-2-3-13(9-15)10-20/h2-9,12H,11H2,1H3,(H,21,22)/t12-/m0/s1. The van der Waals surface area contributed by atoms with Crippen molar-refractivity contribution >= 4 is 33.5 Å². The highest BCUT2D eigenvalue weighted by Crippen LogP contribution is 2.17.